The Morgan fingerprint density at radius 1 is 0.793 bits per heavy atom. The number of nitrogens with one attached hydrogen (secondary N) is 2. The molecular formula is C28H37F3N2O22S3. The van der Waals surface area contributed by atoms with Gasteiger partial charge in [0.25, 0.3) is 0 Å². The van der Waals surface area contributed by atoms with Gasteiger partial charge in [-0.1, -0.05) is 18.2 Å². The fourth-order valence-electron chi connectivity index (χ4n) is 5.44. The first kappa shape index (κ1) is 48.7. The van der Waals surface area contributed by atoms with Gasteiger partial charge in [0, 0.05) is 20.4 Å². The van der Waals surface area contributed by atoms with Gasteiger partial charge in [0.1, 0.15) is 30.5 Å². The summed E-state index contributed by atoms with van der Waals surface area (Å²) in [4.78, 5) is 49.1. The zero-order valence-electron chi connectivity index (χ0n) is 29.9. The lowest BCUT2D eigenvalue weighted by atomic mass is 9.95. The lowest BCUT2D eigenvalue weighted by molar-refractivity contribution is -0.347. The average Bonchev–Trinajstić information content (AvgIpc) is 3.07. The van der Waals surface area contributed by atoms with E-state index >= 15 is 0 Å². The van der Waals surface area contributed by atoms with E-state index in [0.717, 1.165) is 13.8 Å². The van der Waals surface area contributed by atoms with Gasteiger partial charge in [0.05, 0.1) is 24.9 Å². The molecule has 2 heterocycles. The predicted octanol–water partition coefficient (Wildman–Crippen LogP) is -1.22. The highest BCUT2D eigenvalue weighted by Gasteiger charge is 2.56. The van der Waals surface area contributed by atoms with E-state index in [1.165, 1.54) is 37.3 Å². The molecule has 0 spiro atoms. The number of halogens is 3. The van der Waals surface area contributed by atoms with Crippen LogP contribution < -0.4 is 10.6 Å². The summed E-state index contributed by atoms with van der Waals surface area (Å²) in [6.45, 7) is 0.115. The molecule has 0 radical (unpaired) electrons. The monoisotopic (exact) mass is 906 g/mol. The number of carbonyl (C=O) groups is 4. The summed E-state index contributed by atoms with van der Waals surface area (Å²) >= 11 is 0. The largest absolute Gasteiger partial charge is 0.471 e. The molecule has 2 amide bonds. The van der Waals surface area contributed by atoms with Crippen molar-refractivity contribution >= 4 is 54.9 Å². The number of carbonyl (C=O) groups excluding carboxylic acids is 4. The molecule has 58 heavy (non-hydrogen) atoms. The molecule has 2 fully saturated rings. The second kappa shape index (κ2) is 20.1. The molecule has 5 N–H and O–H groups in total. The highest BCUT2D eigenvalue weighted by Crippen LogP contribution is 2.35. The van der Waals surface area contributed by atoms with Crippen molar-refractivity contribution in [3.05, 3.63) is 35.9 Å². The van der Waals surface area contributed by atoms with Crippen molar-refractivity contribution in [2.24, 2.45) is 0 Å². The zero-order valence-corrected chi connectivity index (χ0v) is 32.4. The normalized spacial score (nSPS) is 28.2. The van der Waals surface area contributed by atoms with Crippen LogP contribution in [0.25, 0.3) is 0 Å². The van der Waals surface area contributed by atoms with Gasteiger partial charge in [0.2, 0.25) is 5.91 Å². The molecule has 24 nitrogen and oxygen atoms in total. The summed E-state index contributed by atoms with van der Waals surface area (Å²) in [5.74, 6) is -5.68. The van der Waals surface area contributed by atoms with Gasteiger partial charge in [-0.2, -0.15) is 38.4 Å². The molecule has 0 aromatic heterocycles. The average molecular weight is 907 g/mol. The molecule has 30 heteroatoms. The van der Waals surface area contributed by atoms with Crippen molar-refractivity contribution in [1.82, 2.24) is 10.6 Å². The molecule has 330 valence electrons. The number of alkyl halides is 3. The van der Waals surface area contributed by atoms with E-state index in [2.05, 4.69) is 13.7 Å². The molecule has 0 aliphatic carbocycles. The third-order valence-corrected chi connectivity index (χ3v) is 8.95. The first-order valence-electron chi connectivity index (χ1n) is 16.2. The quantitative estimate of drug-likeness (QED) is 0.0655. The molecule has 2 saturated heterocycles. The number of ether oxygens (including phenoxy) is 6. The molecule has 1 aromatic rings. The van der Waals surface area contributed by atoms with Gasteiger partial charge < -0.3 is 39.1 Å². The maximum absolute atomic E-state index is 13.2. The summed E-state index contributed by atoms with van der Waals surface area (Å²) in [6.07, 6.45) is -24.6. The molecule has 0 bridgehead atoms. The Labute approximate surface area is 327 Å². The van der Waals surface area contributed by atoms with Crippen LogP contribution in [0.1, 0.15) is 37.6 Å². The fourth-order valence-corrected chi connectivity index (χ4v) is 6.76. The molecule has 2 aliphatic heterocycles. The number of hydrogen-bond acceptors (Lipinski definition) is 19. The van der Waals surface area contributed by atoms with E-state index in [-0.39, 0.29) is 5.56 Å². The van der Waals surface area contributed by atoms with Crippen LogP contribution in [0.3, 0.4) is 0 Å². The van der Waals surface area contributed by atoms with Crippen LogP contribution in [0, 0.1) is 0 Å². The van der Waals surface area contributed by atoms with Crippen LogP contribution in [0.5, 0.6) is 0 Å². The Bertz CT molecular complexity index is 1940. The van der Waals surface area contributed by atoms with Crippen molar-refractivity contribution in [2.45, 2.75) is 94.7 Å². The molecule has 3 rings (SSSR count). The minimum absolute atomic E-state index is 0.103. The van der Waals surface area contributed by atoms with Crippen LogP contribution in [-0.4, -0.2) is 150 Å². The van der Waals surface area contributed by atoms with E-state index < -0.39 is 149 Å². The van der Waals surface area contributed by atoms with Crippen LogP contribution in [-0.2, 0) is 86.6 Å². The maximum atomic E-state index is 13.2. The molecule has 1 aromatic carbocycles. The lowest BCUT2D eigenvalue weighted by Gasteiger charge is -2.48. The second-order valence-electron chi connectivity index (χ2n) is 12.1. The molecule has 0 saturated carbocycles. The third kappa shape index (κ3) is 15.5. The Morgan fingerprint density at radius 3 is 1.93 bits per heavy atom. The van der Waals surface area contributed by atoms with Crippen molar-refractivity contribution in [3.8, 4) is 0 Å². The number of benzene rings is 1. The minimum atomic E-state index is -5.60. The van der Waals surface area contributed by atoms with Crippen molar-refractivity contribution in [3.63, 3.8) is 0 Å². The third-order valence-electron chi connectivity index (χ3n) is 7.58. The Balaban J connectivity index is 2.15. The Kier molecular flexibility index (Phi) is 16.8. The summed E-state index contributed by atoms with van der Waals surface area (Å²) in [7, 11) is -16.6. The predicted molar refractivity (Wildman–Crippen MR) is 177 cm³/mol. The first-order valence-corrected chi connectivity index (χ1v) is 20.3. The van der Waals surface area contributed by atoms with Gasteiger partial charge in [-0.3, -0.25) is 28.0 Å². The van der Waals surface area contributed by atoms with E-state index in [4.69, 9.17) is 32.6 Å². The first-order chi connectivity index (χ1) is 26.6. The van der Waals surface area contributed by atoms with Crippen LogP contribution in [0.15, 0.2) is 30.3 Å². The standard InChI is InChI=1S/C28H37F3N2O22S3/c1-13-19(52-24(36)16-8-5-4-6-9-16)22(55-58(44,45)46)23(26(49-13)47-11-7-10-32-27(37)28(29,30)31)53-25-18(33-14(2)34)21(50-15(3)35)20(54-57(41,42)43)17(51-25)12-48-56(38,39)40/h4-6,8-9,13,17-23,25-26H,7,10-12H2,1-3H3,(H,32,37)(H,33,34)(H,38,39,40)(H,41,42,43)(H,44,45,46)/t13-,17+,18+,19+,20-,21+,22+,23-,25+,26+/m0/s1. The summed E-state index contributed by atoms with van der Waals surface area (Å²) in [5.41, 5.74) is -0.103. The van der Waals surface area contributed by atoms with Gasteiger partial charge in [-0.15, -0.1) is 0 Å². The number of esters is 2. The molecular weight excluding hydrogens is 869 g/mol. The van der Waals surface area contributed by atoms with Gasteiger partial charge in [-0.05, 0) is 25.5 Å². The minimum Gasteiger partial charge on any atom is -0.457 e. The highest BCUT2D eigenvalue weighted by molar-refractivity contribution is 7.81. The van der Waals surface area contributed by atoms with Crippen LogP contribution in [0.2, 0.25) is 0 Å². The number of amides is 2. The van der Waals surface area contributed by atoms with E-state index in [0.29, 0.717) is 0 Å². The molecule has 2 aliphatic rings. The zero-order chi connectivity index (χ0) is 43.8. The Hall–Kier alpha value is -3.66. The van der Waals surface area contributed by atoms with Gasteiger partial charge >= 0.3 is 55.2 Å². The van der Waals surface area contributed by atoms with E-state index in [1.54, 1.807) is 5.32 Å². The topological polar surface area (TPSA) is 339 Å². The van der Waals surface area contributed by atoms with E-state index in [9.17, 15) is 71.3 Å². The number of hydrogen-bond donors (Lipinski definition) is 5. The summed E-state index contributed by atoms with van der Waals surface area (Å²) < 4.78 is 185. The smallest absolute Gasteiger partial charge is 0.457 e. The van der Waals surface area contributed by atoms with Crippen LogP contribution >= 0.6 is 0 Å². The fraction of sp³-hybridized carbons (Fsp3) is 0.643. The Morgan fingerprint density at radius 2 is 1.40 bits per heavy atom. The van der Waals surface area contributed by atoms with Crippen molar-refractivity contribution < 1.29 is 112 Å². The number of rotatable bonds is 18. The second-order valence-corrected chi connectivity index (χ2v) is 15.2. The molecule has 10 atom stereocenters. The highest BCUT2D eigenvalue weighted by atomic mass is 32.3. The SMILES string of the molecule is CC(=O)N[C@H]1[C@@H](O[C@@H]2[C@H](OCCCNC(=O)C(F)(F)F)O[C@@H](C)[C@@H](OC(=O)c3ccccc3)[C@H]2OS(=O)(=O)O)O[C@H](COS(=O)(=O)O)[C@H](OS(=O)(=O)O)[C@@H]1OC(C)=O. The maximum Gasteiger partial charge on any atom is 0.471 e. The van der Waals surface area contributed by atoms with Crippen LogP contribution in [0.4, 0.5) is 13.2 Å². The van der Waals surface area contributed by atoms with E-state index in [1.807, 2.05) is 0 Å². The van der Waals surface area contributed by atoms with Crippen molar-refractivity contribution in [2.75, 3.05) is 19.8 Å². The van der Waals surface area contributed by atoms with Gasteiger partial charge in [-0.25, -0.2) is 17.3 Å². The van der Waals surface area contributed by atoms with Crippen molar-refractivity contribution in [1.29, 1.82) is 0 Å². The lowest BCUT2D eigenvalue weighted by Crippen LogP contribution is -2.69. The van der Waals surface area contributed by atoms with Gasteiger partial charge in [0.15, 0.2) is 24.8 Å². The molecule has 0 unspecified atom stereocenters. The summed E-state index contributed by atoms with van der Waals surface area (Å²) in [5, 5.41) is 3.75. The summed E-state index contributed by atoms with van der Waals surface area (Å²) in [6, 6.07) is 4.95.